The Kier molecular flexibility index (Phi) is 36.8. The third-order valence-electron chi connectivity index (χ3n) is 22.8. The van der Waals surface area contributed by atoms with E-state index in [9.17, 15) is 157 Å². The van der Waals surface area contributed by atoms with Gasteiger partial charge in [0.15, 0.2) is 62.9 Å². The number of nitrogens with one attached hydrogen (secondary N) is 5. The van der Waals surface area contributed by atoms with Crippen LogP contribution in [0.25, 0.3) is 0 Å². The topological polar surface area (TPSA) is 847 Å². The van der Waals surface area contributed by atoms with Gasteiger partial charge in [0.2, 0.25) is 29.5 Å². The van der Waals surface area contributed by atoms with Gasteiger partial charge in [0.05, 0.1) is 65.6 Å². The number of aliphatic hydroxyl groups excluding tert-OH is 26. The Morgan fingerprint density at radius 1 is 0.224 bits per heavy atom. The Labute approximate surface area is 708 Å². The number of rotatable bonds is 32. The molecular weight excluding hydrogens is 1710 g/mol. The van der Waals surface area contributed by atoms with Gasteiger partial charge < -0.3 is 249 Å². The van der Waals surface area contributed by atoms with Crippen LogP contribution in [0.1, 0.15) is 41.5 Å². The summed E-state index contributed by atoms with van der Waals surface area (Å²) in [7, 11) is 0. The van der Waals surface area contributed by atoms with Crippen LogP contribution < -0.4 is 26.6 Å². The van der Waals surface area contributed by atoms with Gasteiger partial charge in [-0.3, -0.25) is 24.0 Å². The molecule has 0 aromatic carbocycles. The molecule has 0 spiro atoms. The Bertz CT molecular complexity index is 3420. The number of ether oxygens (including phenoxy) is 19. The molecule has 50 atom stereocenters. The Hall–Kier alpha value is -4.45. The van der Waals surface area contributed by atoms with Crippen LogP contribution in [0.2, 0.25) is 0 Å². The SMILES string of the molecule is CC(=O)N[C@@H]1[C@@H](O)[C@H](O[C@@H]2O[C@H](CO)[C@@H](O[C@@H]3O[C@H](CO[C@H]4O[C@H](CO[C@@H]5O[C@H](CO)[C@@H](O)[C@H](O)[C@H]5NC(C)=O)[C@@H](O)[C@H](O)[C@@H]4O[C@@H]4O[C@H](CO)[C@@H](O)[C@H](O)[C@H]4NC(C)=O)[C@@H](O)[C@H](O[C@H]4O[C@H](CO)[C@@H](O)[C@H](O)[C@@H]4O[C@@H]4O[C@H](CO)[C@@H](O[C@@H]5O[C@H](CO)[C@H](O)[C@H](O)[C@H]5O)[C@H](O)[C@H]4NC(C)=O)[C@@H]3O)[C@H](O)[C@H]2NC(C)=O)[C@@H](CO[C@@H]2O[C@@H](C)[C@@H](O)[C@@H](O)[C@@H]2O)O[C@H]1O. The number of hydrogen-bond donors (Lipinski definition) is 31. The monoisotopic (exact) mass is 1830 g/mol. The summed E-state index contributed by atoms with van der Waals surface area (Å²) in [6.07, 6.45) is -93.6. The van der Waals surface area contributed by atoms with Gasteiger partial charge in [-0.1, -0.05) is 0 Å². The minimum Gasteiger partial charge on any atom is -0.394 e. The van der Waals surface area contributed by atoms with Gasteiger partial charge in [-0.25, -0.2) is 0 Å². The number of aliphatic hydroxyl groups is 26. The molecule has 0 unspecified atom stereocenters. The van der Waals surface area contributed by atoms with Crippen molar-refractivity contribution >= 4 is 29.5 Å². The average Bonchev–Trinajstić information content (AvgIpc) is 0.763. The van der Waals surface area contributed by atoms with Crippen LogP contribution in [-0.2, 0) is 114 Å². The number of carbonyl (C=O) groups is 5. The van der Waals surface area contributed by atoms with E-state index in [1.165, 1.54) is 6.92 Å². The zero-order chi connectivity index (χ0) is 92.1. The summed E-state index contributed by atoms with van der Waals surface area (Å²) in [6.45, 7) is -3.71. The van der Waals surface area contributed by atoms with E-state index < -0.39 is 396 Å². The summed E-state index contributed by atoms with van der Waals surface area (Å²) in [5, 5.41) is 304. The Morgan fingerprint density at radius 3 is 0.968 bits per heavy atom. The normalized spacial score (nSPS) is 48.7. The highest BCUT2D eigenvalue weighted by molar-refractivity contribution is 5.75. The lowest BCUT2D eigenvalue weighted by molar-refractivity contribution is -0.399. The third kappa shape index (κ3) is 23.3. The molecule has 10 aliphatic rings. The van der Waals surface area contributed by atoms with Crippen molar-refractivity contribution in [2.45, 2.75) is 348 Å². The maximum atomic E-state index is 13.3. The lowest BCUT2D eigenvalue weighted by Crippen LogP contribution is -2.71. The molecule has 5 amide bonds. The summed E-state index contributed by atoms with van der Waals surface area (Å²) in [5.74, 6) is -4.56. The predicted octanol–water partition coefficient (Wildman–Crippen LogP) is -21.1. The van der Waals surface area contributed by atoms with E-state index >= 15 is 0 Å². The van der Waals surface area contributed by atoms with Gasteiger partial charge >= 0.3 is 0 Å². The molecule has 55 heteroatoms. The smallest absolute Gasteiger partial charge is 0.217 e. The minimum absolute atomic E-state index is 0.815. The fraction of sp³-hybridized carbons (Fsp3) is 0.929. The highest BCUT2D eigenvalue weighted by atomic mass is 16.8. The summed E-state index contributed by atoms with van der Waals surface area (Å²) in [6, 6.07) is -9.30. The van der Waals surface area contributed by atoms with Crippen molar-refractivity contribution in [3.8, 4) is 0 Å². The summed E-state index contributed by atoms with van der Waals surface area (Å²) < 4.78 is 114. The first-order chi connectivity index (χ1) is 59.0. The van der Waals surface area contributed by atoms with E-state index in [4.69, 9.17) is 90.0 Å². The van der Waals surface area contributed by atoms with Crippen LogP contribution in [0.15, 0.2) is 0 Å². The molecular formula is C70H117N5O50. The van der Waals surface area contributed by atoms with Crippen molar-refractivity contribution in [1.82, 2.24) is 26.6 Å². The molecule has 0 aromatic rings. The standard InChI is InChI=1S/C70H117N5O50/c1-16-36(87)48(99)52(103)66(110-16)108-15-30-57(45(96)31(61(106)111-30)71-17(2)82)120-64-34(74-20(5)85)46(97)56(27(12-81)116-64)122-68-54(105)58(123-70-60(50(101)40(91)25(10-79)115-70)125-65-35(75-21(6)86)47(98)55(26(11-80)117-65)121-67-53(104)49(100)39(90)24(9-78)114-67)42(93)29(118-68)14-109-69-59(124-63-33(73-19(4)84)44(95)38(89)23(8-77)113-63)51(102)41(92)28(119-69)13-107-62-32(72-18(3)83)43(94)37(88)22(7-76)112-62/h16,22-70,76-81,87-106H,7-15H2,1-6H3,(H,71,82)(H,72,83)(H,73,84)(H,74,85)(H,75,86)/t16-,22+,23+,24+,25+,26+,27+,28+,29+,30+,31+,32+,33+,34+,35+,36+,37+,38+,39-,40+,41+,42+,43+,44+,45+,46+,47+,48+,49-,50-,51-,52-,53+,54-,55+,56+,57+,58-,59-,60-,61+,62+,63-,64-,65-,66+,67-,68-,69-,70+/m0/s1. The van der Waals surface area contributed by atoms with E-state index in [1.807, 2.05) is 0 Å². The van der Waals surface area contributed by atoms with Crippen molar-refractivity contribution in [3.63, 3.8) is 0 Å². The molecule has 0 saturated carbocycles. The zero-order valence-corrected chi connectivity index (χ0v) is 67.7. The highest BCUT2D eigenvalue weighted by Gasteiger charge is 2.61. The Morgan fingerprint density at radius 2 is 0.504 bits per heavy atom. The quantitative estimate of drug-likeness (QED) is 0.0297. The van der Waals surface area contributed by atoms with Crippen LogP contribution in [-0.4, -0.2) is 529 Å². The predicted molar refractivity (Wildman–Crippen MR) is 386 cm³/mol. The first kappa shape index (κ1) is 103. The highest BCUT2D eigenvalue weighted by Crippen LogP contribution is 2.40. The fourth-order valence-electron chi connectivity index (χ4n) is 16.1. The molecule has 125 heavy (non-hydrogen) atoms. The van der Waals surface area contributed by atoms with Crippen LogP contribution in [0, 0.1) is 0 Å². The van der Waals surface area contributed by atoms with Crippen molar-refractivity contribution in [2.75, 3.05) is 59.5 Å². The summed E-state index contributed by atoms with van der Waals surface area (Å²) in [5.41, 5.74) is 0. The molecule has 10 fully saturated rings. The second-order valence-corrected chi connectivity index (χ2v) is 31.8. The number of amides is 5. The first-order valence-corrected chi connectivity index (χ1v) is 40.0. The molecule has 55 nitrogen and oxygen atoms in total. The molecule has 0 bridgehead atoms. The molecule has 10 heterocycles. The van der Waals surface area contributed by atoms with Crippen LogP contribution in [0.3, 0.4) is 0 Å². The van der Waals surface area contributed by atoms with Gasteiger partial charge in [-0.2, -0.15) is 0 Å². The minimum atomic E-state index is -2.66. The zero-order valence-electron chi connectivity index (χ0n) is 67.7. The van der Waals surface area contributed by atoms with Gasteiger partial charge in [-0.05, 0) is 6.92 Å². The van der Waals surface area contributed by atoms with Crippen molar-refractivity contribution in [1.29, 1.82) is 0 Å². The molecule has 10 rings (SSSR count). The molecule has 31 N–H and O–H groups in total. The second-order valence-electron chi connectivity index (χ2n) is 31.8. The summed E-state index contributed by atoms with van der Waals surface area (Å²) >= 11 is 0. The molecule has 0 aromatic heterocycles. The van der Waals surface area contributed by atoms with Gasteiger partial charge in [-0.15, -0.1) is 0 Å². The van der Waals surface area contributed by atoms with Gasteiger partial charge in [0.25, 0.3) is 0 Å². The largest absolute Gasteiger partial charge is 0.394 e. The van der Waals surface area contributed by atoms with Crippen molar-refractivity contribution in [2.24, 2.45) is 0 Å². The fourth-order valence-corrected chi connectivity index (χ4v) is 16.1. The average molecular weight is 1830 g/mol. The van der Waals surface area contributed by atoms with E-state index in [-0.39, 0.29) is 0 Å². The van der Waals surface area contributed by atoms with Crippen molar-refractivity contribution in [3.05, 3.63) is 0 Å². The lowest BCUT2D eigenvalue weighted by Gasteiger charge is -2.51. The number of carbonyl (C=O) groups excluding carboxylic acids is 5. The number of hydrogen-bond acceptors (Lipinski definition) is 50. The molecule has 722 valence electrons. The van der Waals surface area contributed by atoms with E-state index in [0.29, 0.717) is 0 Å². The van der Waals surface area contributed by atoms with E-state index in [1.54, 1.807) is 0 Å². The van der Waals surface area contributed by atoms with Crippen LogP contribution in [0.5, 0.6) is 0 Å². The molecule has 0 radical (unpaired) electrons. The molecule has 10 aliphatic heterocycles. The maximum Gasteiger partial charge on any atom is 0.217 e. The lowest BCUT2D eigenvalue weighted by atomic mass is 9.93. The van der Waals surface area contributed by atoms with Gasteiger partial charge in [0, 0.05) is 34.6 Å². The van der Waals surface area contributed by atoms with Crippen LogP contribution >= 0.6 is 0 Å². The van der Waals surface area contributed by atoms with E-state index in [2.05, 4.69) is 26.6 Å². The van der Waals surface area contributed by atoms with Crippen molar-refractivity contribution < 1.29 is 247 Å². The van der Waals surface area contributed by atoms with E-state index in [0.717, 1.165) is 34.6 Å². The Balaban J connectivity index is 1.02. The second kappa shape index (κ2) is 44.9. The summed E-state index contributed by atoms with van der Waals surface area (Å²) in [4.78, 5) is 64.0. The maximum absolute atomic E-state index is 13.3. The van der Waals surface area contributed by atoms with Crippen LogP contribution in [0.4, 0.5) is 0 Å². The van der Waals surface area contributed by atoms with Gasteiger partial charge in [0.1, 0.15) is 238 Å². The third-order valence-corrected chi connectivity index (χ3v) is 22.8. The molecule has 10 saturated heterocycles. The molecule has 0 aliphatic carbocycles. The first-order valence-electron chi connectivity index (χ1n) is 40.0.